The number of ketones is 1. The number of aryl methyl sites for hydroxylation is 3. The van der Waals surface area contributed by atoms with Gasteiger partial charge in [0, 0.05) is 11.8 Å². The van der Waals surface area contributed by atoms with Gasteiger partial charge in [0.15, 0.2) is 14.7 Å². The Morgan fingerprint density at radius 2 is 1.07 bits per heavy atom. The lowest BCUT2D eigenvalue weighted by atomic mass is 9.70. The summed E-state index contributed by atoms with van der Waals surface area (Å²) in [6, 6.07) is 28.3. The van der Waals surface area contributed by atoms with E-state index >= 15 is 0 Å². The van der Waals surface area contributed by atoms with Gasteiger partial charge in [0.1, 0.15) is 5.78 Å². The van der Waals surface area contributed by atoms with Crippen LogP contribution in [0.4, 0.5) is 0 Å². The van der Waals surface area contributed by atoms with Gasteiger partial charge in [0.25, 0.3) is 0 Å². The summed E-state index contributed by atoms with van der Waals surface area (Å²) in [5.74, 6) is -0.280. The molecule has 2 aliphatic rings. The number of hydrogen-bond acceptors (Lipinski definition) is 4. The number of fused-ring (bicyclic) bond motifs is 2. The minimum atomic E-state index is -4.33. The first kappa shape index (κ1) is 36.4. The average molecular weight is 663 g/mol. The molecule has 0 heterocycles. The van der Waals surface area contributed by atoms with Crippen molar-refractivity contribution in [2.24, 2.45) is 16.7 Å². The molecule has 2 fully saturated rings. The fraction of sp³-hybridized carbons (Fsp3) is 0.525. The fourth-order valence-electron chi connectivity index (χ4n) is 7.34. The van der Waals surface area contributed by atoms with E-state index in [9.17, 15) is 17.8 Å². The fourth-order valence-corrected chi connectivity index (χ4v) is 10.7. The van der Waals surface area contributed by atoms with Crippen molar-refractivity contribution in [1.29, 1.82) is 0 Å². The summed E-state index contributed by atoms with van der Waals surface area (Å²) >= 11 is 0. The largest absolute Gasteiger partial charge is 0.748 e. The van der Waals surface area contributed by atoms with Crippen LogP contribution in [0.2, 0.25) is 0 Å². The topological polar surface area (TPSA) is 74.3 Å². The Morgan fingerprint density at radius 3 is 1.33 bits per heavy atom. The van der Waals surface area contributed by atoms with Crippen LogP contribution >= 0.6 is 0 Å². The molecule has 0 aliphatic heterocycles. The van der Waals surface area contributed by atoms with Gasteiger partial charge in [-0.15, -0.1) is 0 Å². The lowest BCUT2D eigenvalue weighted by Gasteiger charge is -2.37. The van der Waals surface area contributed by atoms with E-state index in [1.165, 1.54) is 89.2 Å². The quantitative estimate of drug-likeness (QED) is 0.127. The summed E-state index contributed by atoms with van der Waals surface area (Å²) in [5, 5.41) is 0. The monoisotopic (exact) mass is 662 g/mol. The van der Waals surface area contributed by atoms with Crippen LogP contribution in [0, 0.1) is 16.7 Å². The SMILES string of the molecule is CC1(C)C2CCC1(CS(=O)(=O)[O-])C(=O)C2.CCCCc1ccc([S+](c2ccc(CCCC)cc2)c2ccc(CCCC)cc2)cc1. The lowest BCUT2D eigenvalue weighted by Crippen LogP contribution is -2.42. The van der Waals surface area contributed by atoms with Crippen molar-refractivity contribution >= 4 is 26.8 Å². The predicted octanol–water partition coefficient (Wildman–Crippen LogP) is 9.74. The first-order valence-electron chi connectivity index (χ1n) is 17.4. The first-order valence-corrected chi connectivity index (χ1v) is 20.2. The molecule has 2 saturated carbocycles. The normalized spacial score (nSPS) is 20.2. The van der Waals surface area contributed by atoms with E-state index in [-0.39, 0.29) is 28.0 Å². The van der Waals surface area contributed by atoms with Gasteiger partial charge in [-0.25, -0.2) is 8.42 Å². The standard InChI is InChI=1S/C30H39S.C10H16O4S/c1-4-7-10-25-13-19-28(20-14-25)31(29-21-15-26(16-22-29)11-8-5-2)30-23-17-27(18-24-30)12-9-6-3;1-9(2)7-3-4-10(9,8(11)5-7)6-15(12,13)14/h13-24H,4-12H2,1-3H3;7H,3-6H2,1-2H3,(H,12,13,14)/q+1;/p-1. The van der Waals surface area contributed by atoms with E-state index < -0.39 is 21.3 Å². The maximum absolute atomic E-state index is 11.8. The van der Waals surface area contributed by atoms with Gasteiger partial charge >= 0.3 is 0 Å². The molecule has 6 heteroatoms. The smallest absolute Gasteiger partial charge is 0.166 e. The van der Waals surface area contributed by atoms with Gasteiger partial charge in [0.05, 0.1) is 26.8 Å². The number of hydrogen-bond donors (Lipinski definition) is 0. The number of carbonyl (C=O) groups excluding carboxylic acids is 1. The number of rotatable bonds is 14. The second kappa shape index (κ2) is 16.1. The molecule has 2 atom stereocenters. The van der Waals surface area contributed by atoms with E-state index in [0.717, 1.165) is 6.42 Å². The number of unbranched alkanes of at least 4 members (excludes halogenated alkanes) is 3. The lowest BCUT2D eigenvalue weighted by molar-refractivity contribution is -0.128. The van der Waals surface area contributed by atoms with Gasteiger partial charge in [-0.1, -0.05) is 90.3 Å². The third-order valence-electron chi connectivity index (χ3n) is 10.5. The summed E-state index contributed by atoms with van der Waals surface area (Å²) in [5.41, 5.74) is 3.15. The molecule has 3 aromatic carbocycles. The van der Waals surface area contributed by atoms with E-state index in [1.807, 2.05) is 13.8 Å². The molecule has 5 rings (SSSR count). The molecule has 2 unspecified atom stereocenters. The van der Waals surface area contributed by atoms with Gasteiger partial charge in [-0.05, 0) is 116 Å². The molecule has 0 amide bonds. The Labute approximate surface area is 281 Å². The van der Waals surface area contributed by atoms with Crippen LogP contribution in [-0.4, -0.2) is 24.5 Å². The molecule has 0 aromatic heterocycles. The van der Waals surface area contributed by atoms with Crippen molar-refractivity contribution in [3.63, 3.8) is 0 Å². The highest BCUT2D eigenvalue weighted by molar-refractivity contribution is 7.97. The van der Waals surface area contributed by atoms with Crippen molar-refractivity contribution in [3.05, 3.63) is 89.5 Å². The molecule has 0 N–H and O–H groups in total. The van der Waals surface area contributed by atoms with Crippen molar-refractivity contribution in [1.82, 2.24) is 0 Å². The van der Waals surface area contributed by atoms with Crippen LogP contribution in [0.1, 0.15) is 109 Å². The number of carbonyl (C=O) groups is 1. The predicted molar refractivity (Wildman–Crippen MR) is 190 cm³/mol. The zero-order valence-electron chi connectivity index (χ0n) is 28.6. The van der Waals surface area contributed by atoms with E-state index in [0.29, 0.717) is 12.8 Å². The molecule has 3 aromatic rings. The highest BCUT2D eigenvalue weighted by Gasteiger charge is 2.64. The highest BCUT2D eigenvalue weighted by atomic mass is 32.2. The third kappa shape index (κ3) is 8.73. The zero-order chi connectivity index (χ0) is 33.4. The van der Waals surface area contributed by atoms with E-state index in [1.54, 1.807) is 0 Å². The summed E-state index contributed by atoms with van der Waals surface area (Å²) < 4.78 is 32.7. The van der Waals surface area contributed by atoms with E-state index in [2.05, 4.69) is 93.6 Å². The summed E-state index contributed by atoms with van der Waals surface area (Å²) in [6.07, 6.45) is 13.0. The summed E-state index contributed by atoms with van der Waals surface area (Å²) in [6.45, 7) is 10.6. The van der Waals surface area contributed by atoms with Gasteiger partial charge in [-0.3, -0.25) is 4.79 Å². The minimum absolute atomic E-state index is 0.0248. The Hall–Kier alpha value is -2.41. The summed E-state index contributed by atoms with van der Waals surface area (Å²) in [7, 11) is -4.38. The Morgan fingerprint density at radius 1 is 0.696 bits per heavy atom. The molecule has 46 heavy (non-hydrogen) atoms. The molecule has 0 radical (unpaired) electrons. The van der Waals surface area contributed by atoms with Gasteiger partial charge in [0.2, 0.25) is 0 Å². The number of Topliss-reactive ketones (excluding diaryl/α,β-unsaturated/α-hetero) is 1. The van der Waals surface area contributed by atoms with Crippen molar-refractivity contribution < 1.29 is 17.8 Å². The molecule has 2 aliphatic carbocycles. The number of benzene rings is 3. The molecule has 4 nitrogen and oxygen atoms in total. The molecular formula is C40H54O4S2. The first-order chi connectivity index (χ1) is 21.9. The Bertz CT molecular complexity index is 1390. The van der Waals surface area contributed by atoms with E-state index in [4.69, 9.17) is 0 Å². The Balaban J connectivity index is 0.000000266. The Kier molecular flexibility index (Phi) is 12.8. The van der Waals surface area contributed by atoms with Crippen LogP contribution in [0.3, 0.4) is 0 Å². The van der Waals surface area contributed by atoms with Crippen LogP contribution in [0.15, 0.2) is 87.5 Å². The van der Waals surface area contributed by atoms with Crippen molar-refractivity contribution in [3.8, 4) is 0 Å². The molecule has 2 bridgehead atoms. The molecule has 0 spiro atoms. The average Bonchev–Trinajstić information content (AvgIpc) is 3.37. The van der Waals surface area contributed by atoms with Crippen LogP contribution < -0.4 is 0 Å². The second-order valence-electron chi connectivity index (χ2n) is 13.9. The maximum atomic E-state index is 11.8. The third-order valence-corrected chi connectivity index (χ3v) is 13.6. The summed E-state index contributed by atoms with van der Waals surface area (Å²) in [4.78, 5) is 16.1. The zero-order valence-corrected chi connectivity index (χ0v) is 30.3. The molecule has 0 saturated heterocycles. The highest BCUT2D eigenvalue weighted by Crippen LogP contribution is 2.64. The maximum Gasteiger partial charge on any atom is 0.166 e. The van der Waals surface area contributed by atoms with Crippen LogP contribution in [0.25, 0.3) is 0 Å². The minimum Gasteiger partial charge on any atom is -0.748 e. The van der Waals surface area contributed by atoms with Crippen molar-refractivity contribution in [2.75, 3.05) is 5.75 Å². The molecule has 250 valence electrons. The van der Waals surface area contributed by atoms with Crippen molar-refractivity contribution in [2.45, 2.75) is 126 Å². The van der Waals surface area contributed by atoms with Crippen LogP contribution in [0.5, 0.6) is 0 Å². The van der Waals surface area contributed by atoms with Gasteiger partial charge < -0.3 is 4.55 Å². The van der Waals surface area contributed by atoms with Crippen LogP contribution in [-0.2, 0) is 45.1 Å². The second-order valence-corrected chi connectivity index (χ2v) is 17.3. The van der Waals surface area contributed by atoms with Gasteiger partial charge in [-0.2, -0.15) is 0 Å². The molecular weight excluding hydrogens is 609 g/mol.